The van der Waals surface area contributed by atoms with Gasteiger partial charge in [-0.3, -0.25) is 93.7 Å². The number of nitrogens with two attached hydrogens (primary N) is 3. The number of hydrogen-bond donors (Lipinski definition) is 15. The van der Waals surface area contributed by atoms with E-state index < -0.39 is 261 Å². The molecule has 30 atom stereocenters. The largest absolute Gasteiger partial charge is 0.386 e. The number of aromatic amines is 6. The Morgan fingerprint density at radius 1 is 0.341 bits per heavy atom. The van der Waals surface area contributed by atoms with Crippen molar-refractivity contribution in [2.75, 3.05) is 56.8 Å². The van der Waals surface area contributed by atoms with Crippen LogP contribution in [0, 0.1) is 0 Å². The molecule has 12 aromatic heterocycles. The lowest BCUT2D eigenvalue weighted by molar-refractivity contribution is -0.0617. The van der Waals surface area contributed by atoms with E-state index in [9.17, 15) is 57.8 Å². The number of alkyl halides is 6. The number of thiol groups is 1. The van der Waals surface area contributed by atoms with Crippen molar-refractivity contribution >= 4 is 197 Å². The molecule has 135 heavy (non-hydrogen) atoms. The van der Waals surface area contributed by atoms with Crippen molar-refractivity contribution in [1.82, 2.24) is 128 Å². The van der Waals surface area contributed by atoms with Crippen LogP contribution >= 0.6 is 52.6 Å². The quantitative estimate of drug-likeness (QED) is 0.0500. The maximum atomic E-state index is 16.0. The maximum absolute atomic E-state index is 16.0. The predicted molar refractivity (Wildman–Crippen MR) is 455 cm³/mol. The van der Waals surface area contributed by atoms with Crippen molar-refractivity contribution in [3.8, 4) is 0 Å². The molecule has 9 saturated heterocycles. The van der Waals surface area contributed by atoms with Crippen LogP contribution < -0.4 is 50.6 Å². The van der Waals surface area contributed by atoms with Gasteiger partial charge in [0.2, 0.25) is 17.8 Å². The zero-order valence-electron chi connectivity index (χ0n) is 66.2. The molecule has 6 bridgehead atoms. The number of ether oxygens (including phenoxy) is 6. The Balaban J connectivity index is 0.000000130. The number of halogens is 6. The molecule has 726 valence electrons. The van der Waals surface area contributed by atoms with Crippen LogP contribution in [0.15, 0.2) is 73.1 Å². The standard InChI is InChI=1S/C20H21F2N9O10P2S2.2C19H20F2N10O10P2S2/c21-8-6-1-36-42(34,44)40-12-7(39-18(9(12)22)30-4-26-10-14(30)24-3-25-16(10)32)2-37-43(35,45)41-13(8)19(38-6)31-5-27-11-15(31)28-20(23)29-17(11)33;2*20-7-5-1-36-42(34,44)40-11-6(39-17(8(11)21)31-13-10(28-29-31)15(32)24-3-23-13)2-37-43(35,45)41-12(7)18(38-5)30-4-25-9-14(30)26-19(22)27-16(9)33/h3-9,12-13,18-19H,1-2H2,(H,34,44)(H,35,45)(H,24,25,32)(H3,23,28,29,33);2*3-8,11-12,17-18H,1-2H2,(H,34,44)(H,35,45)(H,23,24,32)(H3,22,26,27,33)/t6-,7-,8+,9+,12-,13-,18-,19-,42?,43?;2*5-,6-,7-,8+,11-,12-,17-,18-,42?,43?/m111/s1. The SMILES string of the molecule is Nc1nc2c(ncn2[C@@H]2O[C@@H]3COP(O)(=S)O[C@H]4[C@H](F)[C@H](n5cnc6c(=O)[nH]cnc65)O[C@@H]4COP(O)(=S)O[C@@H]2[C@H]3F)c(=O)[nH]1.Nc1nc2c(ncn2[C@@H]2O[C@@H]3COP(O)(=S)O[C@H]4[C@H](F)[C@H](n5nnc6c(=O)[nH]cnc65)O[C@@H]4COP(=O)(S)O[C@@H]2[C@@H]3F)c(=O)[nH]1.Nc1nc2c(ncn2[C@@H]2O[C@@H]3COP(O)(=S)O[C@H]4[C@H](F)[C@H](n5nnc6c(=O)[nH]cnc65)O[C@@H]4COP(O)(=S)O[C@@H]2[C@@H]3F)c(=O)[nH]1. The normalized spacial score (nSPS) is 37.7. The number of H-pyrrole nitrogens is 6. The summed E-state index contributed by atoms with van der Waals surface area (Å²) in [6, 6.07) is 0. The van der Waals surface area contributed by atoms with Crippen molar-refractivity contribution < 1.29 is 138 Å². The lowest BCUT2D eigenvalue weighted by Gasteiger charge is -2.27. The number of fused-ring (bicyclic) bond motifs is 15. The molecule has 0 radical (unpaired) electrons. The van der Waals surface area contributed by atoms with Crippen LogP contribution in [0.3, 0.4) is 0 Å². The van der Waals surface area contributed by atoms with E-state index in [-0.39, 0.29) is 84.8 Å². The topological polar surface area (TPSA) is 770 Å². The first-order valence-corrected chi connectivity index (χ1v) is 54.0. The summed E-state index contributed by atoms with van der Waals surface area (Å²) in [4.78, 5) is 181. The van der Waals surface area contributed by atoms with E-state index in [1.54, 1.807) is 0 Å². The first kappa shape index (κ1) is 95.8. The minimum absolute atomic E-state index is 0.0181. The summed E-state index contributed by atoms with van der Waals surface area (Å²) in [5.74, 6) is -0.810. The zero-order valence-corrected chi connectivity index (χ0v) is 76.5. The molecular weight excluding hydrogens is 2080 g/mol. The molecule has 6 unspecified atom stereocenters. The van der Waals surface area contributed by atoms with Gasteiger partial charge in [-0.1, -0.05) is 22.7 Å². The van der Waals surface area contributed by atoms with Crippen molar-refractivity contribution in [2.24, 2.45) is 0 Å². The summed E-state index contributed by atoms with van der Waals surface area (Å²) < 4.78 is 215. The summed E-state index contributed by atoms with van der Waals surface area (Å²) in [5.41, 5.74) is 11.5. The molecule has 9 aliphatic rings. The van der Waals surface area contributed by atoms with Crippen molar-refractivity contribution in [2.45, 2.75) is 148 Å². The van der Waals surface area contributed by atoms with Crippen LogP contribution in [0.5, 0.6) is 0 Å². The first-order valence-electron chi connectivity index (χ1n) is 38.3. The van der Waals surface area contributed by atoms with Gasteiger partial charge in [0.1, 0.15) is 73.2 Å². The minimum atomic E-state index is -4.52. The Kier molecular flexibility index (Phi) is 25.9. The van der Waals surface area contributed by atoms with Gasteiger partial charge in [0.05, 0.1) is 83.9 Å². The van der Waals surface area contributed by atoms with Gasteiger partial charge in [-0.2, -0.15) is 24.3 Å². The molecule has 0 amide bonds. The number of aromatic nitrogens is 26. The Morgan fingerprint density at radius 2 is 0.607 bits per heavy atom. The van der Waals surface area contributed by atoms with E-state index in [0.717, 1.165) is 71.9 Å². The number of nitrogens with zero attached hydrogens (tertiary/aromatic N) is 20. The molecule has 12 aromatic rings. The van der Waals surface area contributed by atoms with E-state index in [2.05, 4.69) is 113 Å². The molecule has 17 N–H and O–H groups in total. The van der Waals surface area contributed by atoms with Crippen molar-refractivity contribution in [3.05, 3.63) is 106 Å². The van der Waals surface area contributed by atoms with Crippen LogP contribution in [0.4, 0.5) is 44.2 Å². The van der Waals surface area contributed by atoms with Gasteiger partial charge in [-0.25, -0.2) is 65.8 Å². The molecule has 0 aliphatic carbocycles. The van der Waals surface area contributed by atoms with Crippen molar-refractivity contribution in [1.29, 1.82) is 0 Å². The Labute approximate surface area is 769 Å². The Morgan fingerprint density at radius 3 is 0.956 bits per heavy atom. The van der Waals surface area contributed by atoms with Gasteiger partial charge in [0, 0.05) is 0 Å². The van der Waals surface area contributed by atoms with E-state index in [0.29, 0.717) is 0 Å². The molecule has 0 saturated carbocycles. The monoisotopic (exact) mass is 2140 g/mol. The number of hydrogen-bond acceptors (Lipinski definition) is 47. The predicted octanol–water partition coefficient (Wildman–Crippen LogP) is -1.72. The summed E-state index contributed by atoms with van der Waals surface area (Å²) in [5, 5.41) is 14.9. The Hall–Kier alpha value is -8.15. The number of imidazole rings is 4. The summed E-state index contributed by atoms with van der Waals surface area (Å²) in [7, 11) is 0. The third kappa shape index (κ3) is 18.6. The highest BCUT2D eigenvalue weighted by atomic mass is 32.7. The Bertz CT molecular complexity index is 6710. The van der Waals surface area contributed by atoms with Crippen LogP contribution in [-0.4, -0.2) is 302 Å². The minimum Gasteiger partial charge on any atom is -0.369 e. The highest BCUT2D eigenvalue weighted by Crippen LogP contribution is 2.61. The van der Waals surface area contributed by atoms with E-state index >= 15 is 26.3 Å². The third-order valence-electron chi connectivity index (χ3n) is 21.4. The number of nitrogen functional groups attached to an aromatic ring is 3. The van der Waals surface area contributed by atoms with Gasteiger partial charge in [-0.05, 0) is 59.0 Å². The van der Waals surface area contributed by atoms with Gasteiger partial charge in [0.25, 0.3) is 33.4 Å². The number of anilines is 3. The summed E-state index contributed by atoms with van der Waals surface area (Å²) >= 11 is 29.5. The molecule has 77 heteroatoms. The highest BCUT2D eigenvalue weighted by molar-refractivity contribution is 8.44. The fraction of sp³-hybridized carbons (Fsp3) is 0.517. The third-order valence-corrected chi connectivity index (χ3v) is 30.8. The lowest BCUT2D eigenvalue weighted by Crippen LogP contribution is -2.34. The smallest absolute Gasteiger partial charge is 0.369 e. The fourth-order valence-corrected chi connectivity index (χ4v) is 24.0. The van der Waals surface area contributed by atoms with Crippen molar-refractivity contribution in [3.63, 3.8) is 0 Å². The average molecular weight is 2140 g/mol. The molecule has 21 rings (SSSR count). The number of rotatable bonds is 6. The summed E-state index contributed by atoms with van der Waals surface area (Å²) in [6.07, 6.45) is -33.3. The van der Waals surface area contributed by atoms with E-state index in [1.807, 2.05) is 0 Å². The van der Waals surface area contributed by atoms with E-state index in [4.69, 9.17) is 159 Å². The second-order valence-electron chi connectivity index (χ2n) is 29.8. The summed E-state index contributed by atoms with van der Waals surface area (Å²) in [6.45, 7) is -30.7. The molecule has 59 nitrogen and oxygen atoms in total. The van der Waals surface area contributed by atoms with Gasteiger partial charge < -0.3 is 108 Å². The van der Waals surface area contributed by atoms with Crippen LogP contribution in [0.2, 0.25) is 0 Å². The van der Waals surface area contributed by atoms with Gasteiger partial charge in [-0.15, -0.1) is 10.2 Å². The average Bonchev–Trinajstić information content (AvgIpc) is 1.63. The van der Waals surface area contributed by atoms with Gasteiger partial charge in [0.15, 0.2) is 141 Å². The fourth-order valence-electron chi connectivity index (χ4n) is 15.4. The molecule has 9 aliphatic heterocycles. The molecule has 0 aromatic carbocycles. The van der Waals surface area contributed by atoms with Crippen LogP contribution in [-0.2, 0) is 146 Å². The molecular formula is C58H61F6N29O30P6S6. The first-order chi connectivity index (χ1) is 63.9. The lowest BCUT2D eigenvalue weighted by atomic mass is 10.1. The molecule has 9 fully saturated rings. The van der Waals surface area contributed by atoms with Crippen LogP contribution in [0.1, 0.15) is 37.4 Å². The van der Waals surface area contributed by atoms with Crippen LogP contribution in [0.25, 0.3) is 67.0 Å². The molecule has 21 heterocycles. The molecule has 0 spiro atoms. The number of nitrogens with one attached hydrogen (secondary N) is 6. The second kappa shape index (κ2) is 36.5. The highest BCUT2D eigenvalue weighted by Gasteiger charge is 2.59. The van der Waals surface area contributed by atoms with E-state index in [1.165, 1.54) is 0 Å². The van der Waals surface area contributed by atoms with Gasteiger partial charge >= 0.3 is 40.4 Å². The zero-order chi connectivity index (χ0) is 95.5. The maximum Gasteiger partial charge on any atom is 0.386 e. The second-order valence-corrected chi connectivity index (χ2v) is 46.6.